The molecular formula is C23H32IN3O3. The van der Waals surface area contributed by atoms with Crippen molar-refractivity contribution in [2.75, 3.05) is 34.4 Å². The Hall–Kier alpha value is -2.00. The summed E-state index contributed by atoms with van der Waals surface area (Å²) in [6.07, 6.45) is 2.35. The van der Waals surface area contributed by atoms with Crippen LogP contribution in [0.25, 0.3) is 0 Å². The van der Waals surface area contributed by atoms with E-state index in [2.05, 4.69) is 39.9 Å². The van der Waals surface area contributed by atoms with E-state index >= 15 is 0 Å². The van der Waals surface area contributed by atoms with Crippen LogP contribution in [0.5, 0.6) is 11.5 Å². The topological polar surface area (TPSA) is 64.1 Å². The molecule has 0 radical (unpaired) electrons. The Bertz CT molecular complexity index is 802. The fraction of sp³-hybridized carbons (Fsp3) is 0.435. The van der Waals surface area contributed by atoms with Crippen molar-refractivity contribution in [3.8, 4) is 11.5 Å². The van der Waals surface area contributed by atoms with Gasteiger partial charge in [-0.05, 0) is 30.5 Å². The van der Waals surface area contributed by atoms with E-state index in [1.807, 2.05) is 24.3 Å². The van der Waals surface area contributed by atoms with Crippen molar-refractivity contribution in [1.29, 1.82) is 0 Å². The van der Waals surface area contributed by atoms with E-state index in [4.69, 9.17) is 14.2 Å². The van der Waals surface area contributed by atoms with Gasteiger partial charge in [0.1, 0.15) is 11.5 Å². The van der Waals surface area contributed by atoms with Gasteiger partial charge in [0.25, 0.3) is 0 Å². The molecule has 1 aliphatic rings. The van der Waals surface area contributed by atoms with Gasteiger partial charge in [0.2, 0.25) is 0 Å². The van der Waals surface area contributed by atoms with Crippen molar-refractivity contribution in [2.24, 2.45) is 10.9 Å². The third kappa shape index (κ3) is 6.50. The fourth-order valence-corrected chi connectivity index (χ4v) is 3.69. The Morgan fingerprint density at radius 1 is 1.10 bits per heavy atom. The van der Waals surface area contributed by atoms with Crippen LogP contribution < -0.4 is 20.1 Å². The van der Waals surface area contributed by atoms with E-state index in [-0.39, 0.29) is 30.1 Å². The monoisotopic (exact) mass is 525 g/mol. The normalized spacial score (nSPS) is 18.8. The lowest BCUT2D eigenvalue weighted by Gasteiger charge is -2.32. The molecule has 2 aromatic rings. The zero-order valence-corrected chi connectivity index (χ0v) is 20.2. The number of methoxy groups -OCH3 is 2. The smallest absolute Gasteiger partial charge is 0.191 e. The fourth-order valence-electron chi connectivity index (χ4n) is 3.69. The van der Waals surface area contributed by atoms with E-state index < -0.39 is 0 Å². The molecule has 1 fully saturated rings. The molecule has 164 valence electrons. The van der Waals surface area contributed by atoms with Crippen molar-refractivity contribution >= 4 is 29.9 Å². The van der Waals surface area contributed by atoms with Crippen molar-refractivity contribution in [1.82, 2.24) is 10.6 Å². The SMILES string of the molecule is CN=C(NCc1ccc(OC)cc1OC)NCC1CCCOC1c1ccccc1.I. The van der Waals surface area contributed by atoms with E-state index in [1.54, 1.807) is 21.3 Å². The summed E-state index contributed by atoms with van der Waals surface area (Å²) >= 11 is 0. The molecule has 1 heterocycles. The van der Waals surface area contributed by atoms with Crippen LogP contribution in [0.15, 0.2) is 53.5 Å². The maximum absolute atomic E-state index is 6.10. The summed E-state index contributed by atoms with van der Waals surface area (Å²) in [7, 11) is 5.10. The summed E-state index contributed by atoms with van der Waals surface area (Å²) in [5, 5.41) is 6.83. The summed E-state index contributed by atoms with van der Waals surface area (Å²) < 4.78 is 16.8. The van der Waals surface area contributed by atoms with Crippen molar-refractivity contribution in [3.63, 3.8) is 0 Å². The van der Waals surface area contributed by atoms with E-state index in [1.165, 1.54) is 5.56 Å². The standard InChI is InChI=1S/C23H31N3O3.HI/c1-24-23(25-15-18-11-12-20(27-2)14-21(18)28-3)26-16-19-10-7-13-29-22(19)17-8-5-4-6-9-17;/h4-6,8-9,11-12,14,19,22H,7,10,13,15-16H2,1-3H3,(H2,24,25,26);1H. The molecule has 2 aromatic carbocycles. The molecular weight excluding hydrogens is 493 g/mol. The predicted octanol–water partition coefficient (Wildman–Crippen LogP) is 4.15. The molecule has 0 aliphatic carbocycles. The highest BCUT2D eigenvalue weighted by Crippen LogP contribution is 2.33. The van der Waals surface area contributed by atoms with Gasteiger partial charge in [-0.2, -0.15) is 0 Å². The van der Waals surface area contributed by atoms with Crippen LogP contribution in [0.1, 0.15) is 30.1 Å². The largest absolute Gasteiger partial charge is 0.497 e. The van der Waals surface area contributed by atoms with Gasteiger partial charge in [-0.25, -0.2) is 0 Å². The van der Waals surface area contributed by atoms with Gasteiger partial charge in [0.05, 0.1) is 20.3 Å². The van der Waals surface area contributed by atoms with E-state index in [0.29, 0.717) is 12.5 Å². The van der Waals surface area contributed by atoms with E-state index in [9.17, 15) is 0 Å². The summed E-state index contributed by atoms with van der Waals surface area (Å²) in [6.45, 7) is 2.23. The first-order chi connectivity index (χ1) is 14.2. The predicted molar refractivity (Wildman–Crippen MR) is 131 cm³/mol. The molecule has 0 aromatic heterocycles. The molecule has 7 heteroatoms. The third-order valence-corrected chi connectivity index (χ3v) is 5.27. The maximum Gasteiger partial charge on any atom is 0.191 e. The second-order valence-electron chi connectivity index (χ2n) is 7.09. The molecule has 0 amide bonds. The number of rotatable bonds is 7. The number of hydrogen-bond acceptors (Lipinski definition) is 4. The van der Waals surface area contributed by atoms with Gasteiger partial charge in [-0.3, -0.25) is 4.99 Å². The zero-order valence-electron chi connectivity index (χ0n) is 17.9. The van der Waals surface area contributed by atoms with Gasteiger partial charge in [-0.15, -0.1) is 24.0 Å². The minimum absolute atomic E-state index is 0. The zero-order chi connectivity index (χ0) is 20.5. The lowest BCUT2D eigenvalue weighted by atomic mass is 9.89. The number of benzene rings is 2. The van der Waals surface area contributed by atoms with Crippen molar-refractivity contribution in [3.05, 3.63) is 59.7 Å². The summed E-state index contributed by atoms with van der Waals surface area (Å²) in [5.74, 6) is 2.73. The Morgan fingerprint density at radius 3 is 2.60 bits per heavy atom. The first-order valence-electron chi connectivity index (χ1n) is 10.1. The van der Waals surface area contributed by atoms with Crippen molar-refractivity contribution < 1.29 is 14.2 Å². The van der Waals surface area contributed by atoms with Gasteiger partial charge >= 0.3 is 0 Å². The molecule has 30 heavy (non-hydrogen) atoms. The number of halogens is 1. The molecule has 0 bridgehead atoms. The van der Waals surface area contributed by atoms with E-state index in [0.717, 1.165) is 49.0 Å². The number of hydrogen-bond donors (Lipinski definition) is 2. The minimum Gasteiger partial charge on any atom is -0.497 e. The molecule has 2 atom stereocenters. The first kappa shape index (κ1) is 24.3. The lowest BCUT2D eigenvalue weighted by molar-refractivity contribution is -0.0265. The number of guanidine groups is 1. The van der Waals surface area contributed by atoms with Gasteiger partial charge in [0.15, 0.2) is 5.96 Å². The molecule has 2 N–H and O–H groups in total. The highest BCUT2D eigenvalue weighted by Gasteiger charge is 2.27. The number of ether oxygens (including phenoxy) is 3. The lowest BCUT2D eigenvalue weighted by Crippen LogP contribution is -2.41. The van der Waals surface area contributed by atoms with Gasteiger partial charge < -0.3 is 24.8 Å². The highest BCUT2D eigenvalue weighted by molar-refractivity contribution is 14.0. The van der Waals surface area contributed by atoms with Crippen LogP contribution in [0, 0.1) is 5.92 Å². The Kier molecular flexibility index (Phi) is 10.2. The average Bonchev–Trinajstić information content (AvgIpc) is 2.80. The van der Waals surface area contributed by atoms with Gasteiger partial charge in [-0.1, -0.05) is 30.3 Å². The molecule has 1 saturated heterocycles. The Balaban J connectivity index is 0.00000320. The molecule has 2 unspecified atom stereocenters. The molecule has 3 rings (SSSR count). The highest BCUT2D eigenvalue weighted by atomic mass is 127. The second-order valence-corrected chi connectivity index (χ2v) is 7.09. The number of nitrogens with one attached hydrogen (secondary N) is 2. The van der Waals surface area contributed by atoms with Crippen LogP contribution in [-0.4, -0.2) is 40.4 Å². The summed E-state index contributed by atoms with van der Waals surface area (Å²) in [5.41, 5.74) is 2.28. The molecule has 1 aliphatic heterocycles. The van der Waals surface area contributed by atoms with Crippen LogP contribution in [-0.2, 0) is 11.3 Å². The average molecular weight is 525 g/mol. The second kappa shape index (κ2) is 12.6. The van der Waals surface area contributed by atoms with Gasteiger partial charge in [0, 0.05) is 44.3 Å². The van der Waals surface area contributed by atoms with Crippen molar-refractivity contribution in [2.45, 2.75) is 25.5 Å². The van der Waals surface area contributed by atoms with Crippen LogP contribution in [0.2, 0.25) is 0 Å². The summed E-state index contributed by atoms with van der Waals surface area (Å²) in [4.78, 5) is 4.36. The number of nitrogens with zero attached hydrogens (tertiary/aromatic N) is 1. The quantitative estimate of drug-likeness (QED) is 0.323. The summed E-state index contributed by atoms with van der Waals surface area (Å²) in [6, 6.07) is 16.3. The molecule has 0 saturated carbocycles. The first-order valence-corrected chi connectivity index (χ1v) is 10.1. The van der Waals surface area contributed by atoms with Crippen LogP contribution in [0.4, 0.5) is 0 Å². The van der Waals surface area contributed by atoms with Crippen LogP contribution >= 0.6 is 24.0 Å². The molecule has 0 spiro atoms. The Morgan fingerprint density at radius 2 is 1.90 bits per heavy atom. The third-order valence-electron chi connectivity index (χ3n) is 5.27. The molecule has 6 nitrogen and oxygen atoms in total. The Labute approximate surface area is 196 Å². The minimum atomic E-state index is 0. The number of aliphatic imine (C=N–C) groups is 1. The maximum atomic E-state index is 6.10. The van der Waals surface area contributed by atoms with Crippen LogP contribution in [0.3, 0.4) is 0 Å².